The largest absolute Gasteiger partial charge is 0.418 e. The third kappa shape index (κ3) is 2.90. The number of hydrogen-bond acceptors (Lipinski definition) is 4. The molecule has 1 atom stereocenters. The highest BCUT2D eigenvalue weighted by Gasteiger charge is 2.25. The Kier molecular flexibility index (Phi) is 4.25. The summed E-state index contributed by atoms with van der Waals surface area (Å²) in [6.07, 6.45) is -2.65. The Balaban J connectivity index is 1.94. The fourth-order valence-electron chi connectivity index (χ4n) is 2.24. The number of benzene rings is 1. The summed E-state index contributed by atoms with van der Waals surface area (Å²) >= 11 is 3.15. The van der Waals surface area contributed by atoms with E-state index in [0.29, 0.717) is 21.9 Å². The molecule has 5 nitrogen and oxygen atoms in total. The molecule has 0 aliphatic rings. The van der Waals surface area contributed by atoms with E-state index in [1.165, 1.54) is 4.68 Å². The Labute approximate surface area is 139 Å². The van der Waals surface area contributed by atoms with Crippen molar-refractivity contribution in [3.8, 4) is 11.5 Å². The molecule has 0 saturated carbocycles. The third-order valence-electron chi connectivity index (χ3n) is 3.49. The zero-order valence-corrected chi connectivity index (χ0v) is 14.0. The van der Waals surface area contributed by atoms with Gasteiger partial charge < -0.3 is 4.42 Å². The average Bonchev–Trinajstić information content (AvgIpc) is 3.14. The summed E-state index contributed by atoms with van der Waals surface area (Å²) in [5.74, 6) is 0.688. The first-order chi connectivity index (χ1) is 11.0. The highest BCUT2D eigenvalue weighted by molar-refractivity contribution is 9.10. The molecule has 0 saturated heterocycles. The summed E-state index contributed by atoms with van der Waals surface area (Å²) in [7, 11) is 0. The highest BCUT2D eigenvalue weighted by Crippen LogP contribution is 2.32. The summed E-state index contributed by atoms with van der Waals surface area (Å²) in [5.41, 5.74) is 1.08. The number of nitrogens with zero attached hydrogens (tertiary/aromatic N) is 4. The second-order valence-corrected chi connectivity index (χ2v) is 5.81. The maximum Gasteiger partial charge on any atom is 0.283 e. The molecule has 3 aromatic rings. The summed E-state index contributed by atoms with van der Waals surface area (Å²) in [5, 5.41) is 12.0. The van der Waals surface area contributed by atoms with Gasteiger partial charge in [-0.3, -0.25) is 4.68 Å². The van der Waals surface area contributed by atoms with Crippen molar-refractivity contribution < 1.29 is 13.2 Å². The van der Waals surface area contributed by atoms with Gasteiger partial charge in [-0.2, -0.15) is 5.10 Å². The molecule has 0 amide bonds. The van der Waals surface area contributed by atoms with Gasteiger partial charge in [0.25, 0.3) is 6.43 Å². The van der Waals surface area contributed by atoms with Crippen LogP contribution in [0.3, 0.4) is 0 Å². The van der Waals surface area contributed by atoms with E-state index in [9.17, 15) is 8.78 Å². The molecule has 0 aliphatic carbocycles. The molecular weight excluding hydrogens is 370 g/mol. The molecule has 23 heavy (non-hydrogen) atoms. The van der Waals surface area contributed by atoms with Crippen LogP contribution in [0.4, 0.5) is 8.78 Å². The van der Waals surface area contributed by atoms with Gasteiger partial charge in [-0.05, 0) is 41.9 Å². The smallest absolute Gasteiger partial charge is 0.283 e. The fourth-order valence-corrected chi connectivity index (χ4v) is 2.68. The molecule has 2 heterocycles. The SMILES string of the molecule is Cc1c(Br)c(C(F)F)nn1[C@@H](C)c1nnc(-c2ccccc2)o1. The molecule has 0 radical (unpaired) electrons. The lowest BCUT2D eigenvalue weighted by atomic mass is 10.2. The van der Waals surface area contributed by atoms with Crippen LogP contribution >= 0.6 is 15.9 Å². The molecule has 1 aromatic carbocycles. The number of rotatable bonds is 4. The lowest BCUT2D eigenvalue weighted by Gasteiger charge is -2.09. The van der Waals surface area contributed by atoms with Crippen molar-refractivity contribution in [2.75, 3.05) is 0 Å². The van der Waals surface area contributed by atoms with Gasteiger partial charge in [-0.15, -0.1) is 10.2 Å². The first-order valence-corrected chi connectivity index (χ1v) is 7.69. The van der Waals surface area contributed by atoms with Crippen molar-refractivity contribution in [1.82, 2.24) is 20.0 Å². The summed E-state index contributed by atoms with van der Waals surface area (Å²) in [6, 6.07) is 8.88. The van der Waals surface area contributed by atoms with Gasteiger partial charge in [-0.1, -0.05) is 18.2 Å². The predicted molar refractivity (Wildman–Crippen MR) is 83.2 cm³/mol. The lowest BCUT2D eigenvalue weighted by molar-refractivity contribution is 0.144. The van der Waals surface area contributed by atoms with Crippen molar-refractivity contribution in [1.29, 1.82) is 0 Å². The van der Waals surface area contributed by atoms with Gasteiger partial charge in [-0.25, -0.2) is 8.78 Å². The van der Waals surface area contributed by atoms with Crippen molar-refractivity contribution in [2.24, 2.45) is 0 Å². The summed E-state index contributed by atoms with van der Waals surface area (Å²) in [6.45, 7) is 3.47. The normalized spacial score (nSPS) is 12.8. The van der Waals surface area contributed by atoms with Gasteiger partial charge >= 0.3 is 0 Å². The van der Waals surface area contributed by atoms with Crippen LogP contribution in [-0.4, -0.2) is 20.0 Å². The minimum absolute atomic E-state index is 0.294. The second kappa shape index (κ2) is 6.19. The van der Waals surface area contributed by atoms with Gasteiger partial charge in [0.15, 0.2) is 0 Å². The van der Waals surface area contributed by atoms with Crippen molar-refractivity contribution >= 4 is 15.9 Å². The van der Waals surface area contributed by atoms with E-state index in [4.69, 9.17) is 4.42 Å². The van der Waals surface area contributed by atoms with Gasteiger partial charge in [0, 0.05) is 5.56 Å². The average molecular weight is 383 g/mol. The van der Waals surface area contributed by atoms with Crippen molar-refractivity contribution in [3.05, 3.63) is 52.1 Å². The summed E-state index contributed by atoms with van der Waals surface area (Å²) in [4.78, 5) is 0. The van der Waals surface area contributed by atoms with E-state index >= 15 is 0 Å². The highest BCUT2D eigenvalue weighted by atomic mass is 79.9. The molecular formula is C15H13BrF2N4O. The Hall–Kier alpha value is -2.09. The molecule has 0 unspecified atom stereocenters. The van der Waals surface area contributed by atoms with Gasteiger partial charge in [0.2, 0.25) is 11.8 Å². The van der Waals surface area contributed by atoms with E-state index in [-0.39, 0.29) is 5.69 Å². The fraction of sp³-hybridized carbons (Fsp3) is 0.267. The minimum atomic E-state index is -2.65. The minimum Gasteiger partial charge on any atom is -0.418 e. The van der Waals surface area contributed by atoms with Crippen molar-refractivity contribution in [2.45, 2.75) is 26.3 Å². The second-order valence-electron chi connectivity index (χ2n) is 5.02. The van der Waals surface area contributed by atoms with E-state index < -0.39 is 12.5 Å². The Morgan fingerprint density at radius 3 is 2.48 bits per heavy atom. The quantitative estimate of drug-likeness (QED) is 0.663. The van der Waals surface area contributed by atoms with E-state index in [1.807, 2.05) is 30.3 Å². The molecule has 8 heteroatoms. The van der Waals surface area contributed by atoms with Crippen LogP contribution in [0.1, 0.15) is 36.7 Å². The van der Waals surface area contributed by atoms with E-state index in [2.05, 4.69) is 31.2 Å². The monoisotopic (exact) mass is 382 g/mol. The molecule has 2 aromatic heterocycles. The Morgan fingerprint density at radius 2 is 1.87 bits per heavy atom. The summed E-state index contributed by atoms with van der Waals surface area (Å²) < 4.78 is 33.3. The van der Waals surface area contributed by atoms with Crippen LogP contribution in [0.15, 0.2) is 39.2 Å². The van der Waals surface area contributed by atoms with Crippen LogP contribution in [0.5, 0.6) is 0 Å². The standard InChI is InChI=1S/C15H13BrF2N4O/c1-8-11(16)12(13(17)18)21-22(8)9(2)14-19-20-15(23-14)10-6-4-3-5-7-10/h3-7,9,13H,1-2H3/t9-/m0/s1. The molecule has 0 fully saturated rings. The zero-order chi connectivity index (χ0) is 16.6. The van der Waals surface area contributed by atoms with E-state index in [1.54, 1.807) is 13.8 Å². The first-order valence-electron chi connectivity index (χ1n) is 6.90. The Morgan fingerprint density at radius 1 is 1.17 bits per heavy atom. The number of alkyl halides is 2. The van der Waals surface area contributed by atoms with Crippen LogP contribution in [0, 0.1) is 6.92 Å². The molecule has 3 rings (SSSR count). The van der Waals surface area contributed by atoms with Crippen LogP contribution < -0.4 is 0 Å². The molecule has 0 aliphatic heterocycles. The molecule has 120 valence electrons. The lowest BCUT2D eigenvalue weighted by Crippen LogP contribution is -2.11. The number of halogens is 3. The molecule has 0 N–H and O–H groups in total. The van der Waals surface area contributed by atoms with E-state index in [0.717, 1.165) is 5.56 Å². The van der Waals surface area contributed by atoms with Gasteiger partial charge in [0.1, 0.15) is 11.7 Å². The van der Waals surface area contributed by atoms with Gasteiger partial charge in [0.05, 0.1) is 10.2 Å². The third-order valence-corrected chi connectivity index (χ3v) is 4.47. The maximum atomic E-state index is 13.0. The first kappa shape index (κ1) is 15.8. The van der Waals surface area contributed by atoms with Crippen molar-refractivity contribution in [3.63, 3.8) is 0 Å². The maximum absolute atomic E-state index is 13.0. The number of aromatic nitrogens is 4. The molecule has 0 spiro atoms. The van der Waals surface area contributed by atoms with Crippen LogP contribution in [-0.2, 0) is 0 Å². The zero-order valence-electron chi connectivity index (χ0n) is 12.4. The van der Waals surface area contributed by atoms with Crippen LogP contribution in [0.2, 0.25) is 0 Å². The number of hydrogen-bond donors (Lipinski definition) is 0. The topological polar surface area (TPSA) is 56.7 Å². The Bertz CT molecular complexity index is 816. The van der Waals surface area contributed by atoms with Crippen LogP contribution in [0.25, 0.3) is 11.5 Å². The molecule has 0 bridgehead atoms. The predicted octanol–water partition coefficient (Wildman–Crippen LogP) is 4.55.